The van der Waals surface area contributed by atoms with E-state index in [2.05, 4.69) is 30.0 Å². The third-order valence-corrected chi connectivity index (χ3v) is 7.40. The van der Waals surface area contributed by atoms with Crippen LogP contribution in [-0.4, -0.2) is 30.3 Å². The summed E-state index contributed by atoms with van der Waals surface area (Å²) in [5.74, 6) is 2.34. The van der Waals surface area contributed by atoms with Crippen LogP contribution in [0.5, 0.6) is 0 Å². The molecule has 6 rings (SSSR count). The molecule has 4 aliphatic rings. The molecule has 9 heteroatoms. The topological polar surface area (TPSA) is 68.5 Å². The Kier molecular flexibility index (Phi) is 4.74. The van der Waals surface area contributed by atoms with Crippen LogP contribution >= 0.6 is 0 Å². The van der Waals surface area contributed by atoms with Gasteiger partial charge in [0.05, 0.1) is 0 Å². The number of nitrogens with one attached hydrogen (secondary N) is 1. The third kappa shape index (κ3) is 3.46. The lowest BCUT2D eigenvalue weighted by molar-refractivity contribution is -0.141. The van der Waals surface area contributed by atoms with Crippen molar-refractivity contribution in [3.8, 4) is 0 Å². The fourth-order valence-corrected chi connectivity index (χ4v) is 5.58. The Labute approximate surface area is 173 Å². The van der Waals surface area contributed by atoms with Crippen molar-refractivity contribution in [2.24, 2.45) is 0 Å². The van der Waals surface area contributed by atoms with E-state index in [1.807, 2.05) is 0 Å². The lowest BCUT2D eigenvalue weighted by Gasteiger charge is -2.53. The molecule has 0 aromatic carbocycles. The van der Waals surface area contributed by atoms with E-state index in [1.54, 1.807) is 0 Å². The number of halogens is 3. The Morgan fingerprint density at radius 2 is 1.67 bits per heavy atom. The van der Waals surface area contributed by atoms with Crippen molar-refractivity contribution in [2.45, 2.75) is 94.3 Å². The molecule has 2 bridgehead atoms. The predicted octanol–water partition coefficient (Wildman–Crippen LogP) is 4.66. The molecule has 30 heavy (non-hydrogen) atoms. The summed E-state index contributed by atoms with van der Waals surface area (Å²) in [5.41, 5.74) is -1.09. The fourth-order valence-electron chi connectivity index (χ4n) is 5.58. The molecule has 0 spiro atoms. The van der Waals surface area contributed by atoms with Gasteiger partial charge in [-0.3, -0.25) is 0 Å². The second kappa shape index (κ2) is 7.20. The summed E-state index contributed by atoms with van der Waals surface area (Å²) < 4.78 is 41.4. The van der Waals surface area contributed by atoms with Gasteiger partial charge in [-0.1, -0.05) is 12.8 Å². The summed E-state index contributed by atoms with van der Waals surface area (Å²) in [7, 11) is 0. The van der Waals surface area contributed by atoms with Gasteiger partial charge in [-0.2, -0.15) is 13.2 Å². The second-order valence-electron chi connectivity index (χ2n) is 9.20. The van der Waals surface area contributed by atoms with E-state index in [4.69, 9.17) is 0 Å². The van der Waals surface area contributed by atoms with Crippen LogP contribution in [0.3, 0.4) is 0 Å². The van der Waals surface area contributed by atoms with Gasteiger partial charge in [0, 0.05) is 30.1 Å². The summed E-state index contributed by atoms with van der Waals surface area (Å²) in [6.45, 7) is 1.00. The van der Waals surface area contributed by atoms with Crippen molar-refractivity contribution in [1.82, 2.24) is 24.7 Å². The third-order valence-electron chi connectivity index (χ3n) is 7.40. The smallest absolute Gasteiger partial charge is 0.349 e. The Hall–Kier alpha value is -2.19. The zero-order valence-corrected chi connectivity index (χ0v) is 17.0. The highest BCUT2D eigenvalue weighted by Gasteiger charge is 2.52. The quantitative estimate of drug-likeness (QED) is 0.782. The van der Waals surface area contributed by atoms with Crippen LogP contribution in [0, 0.1) is 0 Å². The lowest BCUT2D eigenvalue weighted by Crippen LogP contribution is -2.53. The maximum Gasteiger partial charge on any atom is 0.433 e. The number of fused-ring (bicyclic) bond motifs is 4. The molecule has 0 saturated heterocycles. The van der Waals surface area contributed by atoms with Crippen LogP contribution in [-0.2, 0) is 24.6 Å². The van der Waals surface area contributed by atoms with E-state index < -0.39 is 11.9 Å². The van der Waals surface area contributed by atoms with Gasteiger partial charge in [0.25, 0.3) is 0 Å². The van der Waals surface area contributed by atoms with Crippen molar-refractivity contribution in [3.63, 3.8) is 0 Å². The number of aromatic nitrogens is 5. The summed E-state index contributed by atoms with van der Waals surface area (Å²) >= 11 is 0. The molecule has 3 aliphatic carbocycles. The molecule has 3 fully saturated rings. The van der Waals surface area contributed by atoms with Crippen molar-refractivity contribution in [3.05, 3.63) is 29.6 Å². The largest absolute Gasteiger partial charge is 0.433 e. The summed E-state index contributed by atoms with van der Waals surface area (Å²) in [5, 5.41) is 12.5. The standard InChI is InChI=1S/C21H27F3N6/c22-21(23,24)15-6-13-25-18(26-15)27-20-10-7-19(8-11-20,9-12-20)17-29-28-16-5-3-1-2-4-14-30(16)17/h6,13H,1-5,7-12,14H2,(H,25,26,27). The Morgan fingerprint density at radius 3 is 2.40 bits per heavy atom. The Bertz CT molecular complexity index is 897. The SMILES string of the molecule is FC(F)(F)c1ccnc(NC23CCC(c4nnc5n4CCCCCC5)(CC2)CC3)n1. The first-order chi connectivity index (χ1) is 14.4. The number of aryl methyl sites for hydroxylation is 1. The van der Waals surface area contributed by atoms with Crippen molar-refractivity contribution in [1.29, 1.82) is 0 Å². The molecule has 1 aliphatic heterocycles. The number of nitrogens with zero attached hydrogens (tertiary/aromatic N) is 5. The first-order valence-electron chi connectivity index (χ1n) is 11.0. The van der Waals surface area contributed by atoms with Gasteiger partial charge in [0.2, 0.25) is 5.95 Å². The molecular formula is C21H27F3N6. The first kappa shape index (κ1) is 19.8. The number of anilines is 1. The predicted molar refractivity (Wildman–Crippen MR) is 105 cm³/mol. The molecule has 0 unspecified atom stereocenters. The van der Waals surface area contributed by atoms with E-state index in [1.165, 1.54) is 31.9 Å². The normalized spacial score (nSPS) is 29.2. The molecule has 162 valence electrons. The summed E-state index contributed by atoms with van der Waals surface area (Å²) in [6.07, 6.45) is 8.15. The van der Waals surface area contributed by atoms with E-state index in [0.717, 1.165) is 69.2 Å². The van der Waals surface area contributed by atoms with Crippen molar-refractivity contribution < 1.29 is 13.2 Å². The number of hydrogen-bond donors (Lipinski definition) is 1. The van der Waals surface area contributed by atoms with Crippen LogP contribution in [0.4, 0.5) is 19.1 Å². The van der Waals surface area contributed by atoms with E-state index in [9.17, 15) is 13.2 Å². The summed E-state index contributed by atoms with van der Waals surface area (Å²) in [4.78, 5) is 7.77. The maximum atomic E-state index is 13.0. The van der Waals surface area contributed by atoms with E-state index >= 15 is 0 Å². The van der Waals surface area contributed by atoms with Crippen molar-refractivity contribution >= 4 is 5.95 Å². The number of hydrogen-bond acceptors (Lipinski definition) is 5. The molecule has 0 amide bonds. The molecule has 0 radical (unpaired) electrons. The minimum Gasteiger partial charge on any atom is -0.349 e. The van der Waals surface area contributed by atoms with Gasteiger partial charge in [0.15, 0.2) is 0 Å². The number of alkyl halides is 3. The van der Waals surface area contributed by atoms with E-state index in [0.29, 0.717) is 0 Å². The number of rotatable bonds is 3. The van der Waals surface area contributed by atoms with Crippen LogP contribution in [0.15, 0.2) is 12.3 Å². The van der Waals surface area contributed by atoms with Gasteiger partial charge in [-0.05, 0) is 57.4 Å². The van der Waals surface area contributed by atoms with Gasteiger partial charge < -0.3 is 9.88 Å². The highest BCUT2D eigenvalue weighted by atomic mass is 19.4. The van der Waals surface area contributed by atoms with Crippen molar-refractivity contribution in [2.75, 3.05) is 5.32 Å². The molecular weight excluding hydrogens is 393 g/mol. The van der Waals surface area contributed by atoms with Gasteiger partial charge in [0.1, 0.15) is 17.3 Å². The summed E-state index contributed by atoms with van der Waals surface area (Å²) in [6, 6.07) is 0.912. The Morgan fingerprint density at radius 1 is 0.933 bits per heavy atom. The van der Waals surface area contributed by atoms with Crippen LogP contribution in [0.25, 0.3) is 0 Å². The maximum absolute atomic E-state index is 13.0. The molecule has 6 nitrogen and oxygen atoms in total. The molecule has 1 N–H and O–H groups in total. The highest BCUT2D eigenvalue weighted by Crippen LogP contribution is 2.54. The minimum atomic E-state index is -4.46. The van der Waals surface area contributed by atoms with Crippen LogP contribution in [0.2, 0.25) is 0 Å². The molecule has 2 aromatic heterocycles. The first-order valence-corrected chi connectivity index (χ1v) is 11.0. The molecule has 0 atom stereocenters. The highest BCUT2D eigenvalue weighted by molar-refractivity contribution is 5.34. The molecule has 3 heterocycles. The zero-order valence-electron chi connectivity index (χ0n) is 17.0. The Balaban J connectivity index is 1.34. The van der Waals surface area contributed by atoms with Crippen LogP contribution in [0.1, 0.15) is 81.6 Å². The van der Waals surface area contributed by atoms with E-state index in [-0.39, 0.29) is 16.9 Å². The zero-order chi connectivity index (χ0) is 20.8. The fraction of sp³-hybridized carbons (Fsp3) is 0.714. The molecule has 3 saturated carbocycles. The van der Waals surface area contributed by atoms with Gasteiger partial charge in [-0.15, -0.1) is 10.2 Å². The monoisotopic (exact) mass is 420 g/mol. The average Bonchev–Trinajstić information content (AvgIpc) is 3.11. The average molecular weight is 420 g/mol. The van der Waals surface area contributed by atoms with Gasteiger partial charge in [-0.25, -0.2) is 9.97 Å². The van der Waals surface area contributed by atoms with Crippen LogP contribution < -0.4 is 5.32 Å². The van der Waals surface area contributed by atoms with Gasteiger partial charge >= 0.3 is 6.18 Å². The minimum absolute atomic E-state index is 0.0442. The molecule has 2 aromatic rings. The lowest BCUT2D eigenvalue weighted by atomic mass is 9.57. The second-order valence-corrected chi connectivity index (χ2v) is 9.20.